The number of rotatable bonds is 6. The number of benzene rings is 1. The Morgan fingerprint density at radius 1 is 1.32 bits per heavy atom. The predicted octanol–water partition coefficient (Wildman–Crippen LogP) is 2.15. The molecule has 2 aromatic rings. The largest absolute Gasteiger partial charge is 0.497 e. The molecule has 8 heteroatoms. The molecule has 1 atom stereocenters. The highest BCUT2D eigenvalue weighted by molar-refractivity contribution is 5.74. The fraction of sp³-hybridized carbons (Fsp3) is 0.400. The van der Waals surface area contributed by atoms with Crippen molar-refractivity contribution in [1.29, 1.82) is 5.26 Å². The van der Waals surface area contributed by atoms with E-state index in [0.29, 0.717) is 19.6 Å². The summed E-state index contributed by atoms with van der Waals surface area (Å²) < 4.78 is 11.0. The zero-order valence-corrected chi connectivity index (χ0v) is 15.8. The van der Waals surface area contributed by atoms with Gasteiger partial charge in [0.1, 0.15) is 17.9 Å². The van der Waals surface area contributed by atoms with Gasteiger partial charge in [-0.1, -0.05) is 12.1 Å². The first-order valence-electron chi connectivity index (χ1n) is 9.23. The summed E-state index contributed by atoms with van der Waals surface area (Å²) in [6.07, 6.45) is 5.12. The van der Waals surface area contributed by atoms with Crippen LogP contribution in [0.1, 0.15) is 24.1 Å². The van der Waals surface area contributed by atoms with Crippen molar-refractivity contribution in [3.8, 4) is 17.7 Å². The Morgan fingerprint density at radius 3 is 2.86 bits per heavy atom. The van der Waals surface area contributed by atoms with Crippen molar-refractivity contribution in [2.24, 2.45) is 0 Å². The average molecular weight is 381 g/mol. The molecule has 2 amide bonds. The Hall–Kier alpha value is -3.34. The summed E-state index contributed by atoms with van der Waals surface area (Å²) in [5, 5.41) is 12.1. The third kappa shape index (κ3) is 5.10. The lowest BCUT2D eigenvalue weighted by Crippen LogP contribution is -2.49. The van der Waals surface area contributed by atoms with Crippen molar-refractivity contribution in [3.63, 3.8) is 0 Å². The molecule has 28 heavy (non-hydrogen) atoms. The molecule has 2 heterocycles. The van der Waals surface area contributed by atoms with Gasteiger partial charge in [0.2, 0.25) is 5.69 Å². The number of nitrogens with one attached hydrogen (secondary N) is 1. The highest BCUT2D eigenvalue weighted by Crippen LogP contribution is 2.18. The fourth-order valence-corrected chi connectivity index (χ4v) is 3.08. The van der Waals surface area contributed by atoms with E-state index in [2.05, 4.69) is 15.3 Å². The van der Waals surface area contributed by atoms with Crippen molar-refractivity contribution in [3.05, 3.63) is 47.9 Å². The van der Waals surface area contributed by atoms with Gasteiger partial charge in [-0.05, 0) is 37.0 Å². The number of piperidine rings is 1. The summed E-state index contributed by atoms with van der Waals surface area (Å²) in [7, 11) is 1.64. The SMILES string of the molecule is COc1ccc(CCNC(=O)N2CCC[C@H](Oc3nccnc3C#N)C2)cc1. The minimum absolute atomic E-state index is 0.110. The minimum atomic E-state index is -0.204. The third-order valence-electron chi connectivity index (χ3n) is 4.56. The molecular weight excluding hydrogens is 358 g/mol. The van der Waals surface area contributed by atoms with Crippen LogP contribution in [0.25, 0.3) is 0 Å². The van der Waals surface area contributed by atoms with Crippen LogP contribution >= 0.6 is 0 Å². The number of methoxy groups -OCH3 is 1. The molecule has 1 fully saturated rings. The van der Waals surface area contributed by atoms with Crippen LogP contribution in [0, 0.1) is 11.3 Å². The first-order chi connectivity index (χ1) is 13.7. The number of hydrogen-bond acceptors (Lipinski definition) is 6. The van der Waals surface area contributed by atoms with Crippen LogP contribution in [0.3, 0.4) is 0 Å². The van der Waals surface area contributed by atoms with Gasteiger partial charge in [0, 0.05) is 25.5 Å². The zero-order chi connectivity index (χ0) is 19.8. The van der Waals surface area contributed by atoms with Gasteiger partial charge in [-0.3, -0.25) is 0 Å². The van der Waals surface area contributed by atoms with Gasteiger partial charge in [0.15, 0.2) is 0 Å². The van der Waals surface area contributed by atoms with E-state index in [1.807, 2.05) is 30.3 Å². The van der Waals surface area contributed by atoms with Gasteiger partial charge < -0.3 is 19.7 Å². The number of carbonyl (C=O) groups is 1. The third-order valence-corrected chi connectivity index (χ3v) is 4.56. The van der Waals surface area contributed by atoms with Crippen LogP contribution in [0.15, 0.2) is 36.7 Å². The number of carbonyl (C=O) groups excluding carboxylic acids is 1. The maximum Gasteiger partial charge on any atom is 0.317 e. The van der Waals surface area contributed by atoms with Crippen LogP contribution in [-0.2, 0) is 6.42 Å². The summed E-state index contributed by atoms with van der Waals surface area (Å²) in [6, 6.07) is 9.66. The second kappa shape index (κ2) is 9.55. The molecule has 0 unspecified atom stereocenters. The van der Waals surface area contributed by atoms with Crippen LogP contribution in [-0.4, -0.2) is 53.7 Å². The van der Waals surface area contributed by atoms with Crippen molar-refractivity contribution in [2.75, 3.05) is 26.7 Å². The lowest BCUT2D eigenvalue weighted by Gasteiger charge is -2.32. The molecule has 1 aromatic carbocycles. The van der Waals surface area contributed by atoms with Gasteiger partial charge in [0.25, 0.3) is 5.88 Å². The summed E-state index contributed by atoms with van der Waals surface area (Å²) >= 11 is 0. The van der Waals surface area contributed by atoms with Gasteiger partial charge in [-0.2, -0.15) is 5.26 Å². The molecule has 1 saturated heterocycles. The number of hydrogen-bond donors (Lipinski definition) is 1. The number of urea groups is 1. The molecule has 146 valence electrons. The second-order valence-electron chi connectivity index (χ2n) is 6.48. The van der Waals surface area contributed by atoms with Crippen molar-refractivity contribution < 1.29 is 14.3 Å². The van der Waals surface area contributed by atoms with E-state index in [4.69, 9.17) is 14.7 Å². The summed E-state index contributed by atoms with van der Waals surface area (Å²) in [6.45, 7) is 1.69. The number of nitrogens with zero attached hydrogens (tertiary/aromatic N) is 4. The Kier molecular flexibility index (Phi) is 6.63. The van der Waals surface area contributed by atoms with E-state index in [1.165, 1.54) is 12.4 Å². The van der Waals surface area contributed by atoms with Crippen LogP contribution in [0.2, 0.25) is 0 Å². The molecule has 8 nitrogen and oxygen atoms in total. The molecule has 0 bridgehead atoms. The molecule has 0 aliphatic carbocycles. The van der Waals surface area contributed by atoms with E-state index < -0.39 is 0 Å². The van der Waals surface area contributed by atoms with E-state index in [-0.39, 0.29) is 23.7 Å². The fourth-order valence-electron chi connectivity index (χ4n) is 3.08. The van der Waals surface area contributed by atoms with E-state index in [9.17, 15) is 4.79 Å². The van der Waals surface area contributed by atoms with Crippen molar-refractivity contribution in [2.45, 2.75) is 25.4 Å². The van der Waals surface area contributed by atoms with Gasteiger partial charge in [0.05, 0.1) is 13.7 Å². The zero-order valence-electron chi connectivity index (χ0n) is 15.8. The quantitative estimate of drug-likeness (QED) is 0.823. The Labute approximate surface area is 164 Å². The molecule has 0 spiro atoms. The molecule has 1 aromatic heterocycles. The predicted molar refractivity (Wildman–Crippen MR) is 102 cm³/mol. The van der Waals surface area contributed by atoms with Gasteiger partial charge >= 0.3 is 6.03 Å². The lowest BCUT2D eigenvalue weighted by molar-refractivity contribution is 0.0973. The molecule has 0 radical (unpaired) electrons. The summed E-state index contributed by atoms with van der Waals surface area (Å²) in [5.74, 6) is 1.03. The molecule has 1 aliphatic heterocycles. The summed E-state index contributed by atoms with van der Waals surface area (Å²) in [5.41, 5.74) is 1.29. The molecule has 1 N–H and O–H groups in total. The number of aromatic nitrogens is 2. The Morgan fingerprint density at radius 2 is 2.11 bits per heavy atom. The highest BCUT2D eigenvalue weighted by atomic mass is 16.5. The number of amides is 2. The minimum Gasteiger partial charge on any atom is -0.497 e. The van der Waals surface area contributed by atoms with Crippen LogP contribution in [0.4, 0.5) is 4.79 Å². The second-order valence-corrected chi connectivity index (χ2v) is 6.48. The first kappa shape index (κ1) is 19.4. The van der Waals surface area contributed by atoms with Crippen molar-refractivity contribution in [1.82, 2.24) is 20.2 Å². The standard InChI is InChI=1S/C20H23N5O3/c1-27-16-6-4-15(5-7-16)8-9-24-20(26)25-12-2-3-17(14-25)28-19-18(13-21)22-10-11-23-19/h4-7,10-11,17H,2-3,8-9,12,14H2,1H3,(H,24,26)/t17-/m0/s1. The Balaban J connectivity index is 1.48. The smallest absolute Gasteiger partial charge is 0.317 e. The van der Waals surface area contributed by atoms with E-state index in [1.54, 1.807) is 12.0 Å². The lowest BCUT2D eigenvalue weighted by atomic mass is 10.1. The van der Waals surface area contributed by atoms with Crippen molar-refractivity contribution >= 4 is 6.03 Å². The van der Waals surface area contributed by atoms with Gasteiger partial charge in [-0.15, -0.1) is 0 Å². The van der Waals surface area contributed by atoms with Gasteiger partial charge in [-0.25, -0.2) is 14.8 Å². The number of ether oxygens (including phenoxy) is 2. The van der Waals surface area contributed by atoms with E-state index >= 15 is 0 Å². The number of nitriles is 1. The maximum atomic E-state index is 12.5. The highest BCUT2D eigenvalue weighted by Gasteiger charge is 2.25. The number of likely N-dealkylation sites (tertiary alicyclic amines) is 1. The summed E-state index contributed by atoms with van der Waals surface area (Å²) in [4.78, 5) is 22.2. The van der Waals surface area contributed by atoms with Crippen LogP contribution in [0.5, 0.6) is 11.6 Å². The Bertz CT molecular complexity index is 834. The first-order valence-corrected chi connectivity index (χ1v) is 9.23. The van der Waals surface area contributed by atoms with E-state index in [0.717, 1.165) is 30.6 Å². The average Bonchev–Trinajstić information content (AvgIpc) is 2.75. The van der Waals surface area contributed by atoms with Crippen LogP contribution < -0.4 is 14.8 Å². The molecular formula is C20H23N5O3. The maximum absolute atomic E-state index is 12.5. The topological polar surface area (TPSA) is 100 Å². The molecule has 0 saturated carbocycles. The molecule has 3 rings (SSSR count). The molecule has 1 aliphatic rings. The normalized spacial score (nSPS) is 16.1. The monoisotopic (exact) mass is 381 g/mol.